The SMILES string of the molecule is CCCNC(=O)COC(=O)c1cccc(S(=O)(=O)Nc2cccc(C)c2)c1. The molecule has 2 aromatic rings. The molecule has 0 atom stereocenters. The highest BCUT2D eigenvalue weighted by atomic mass is 32.2. The molecule has 144 valence electrons. The van der Waals surface area contributed by atoms with Gasteiger partial charge in [0.15, 0.2) is 6.61 Å². The van der Waals surface area contributed by atoms with Crippen molar-refractivity contribution in [2.24, 2.45) is 0 Å². The van der Waals surface area contributed by atoms with Crippen LogP contribution in [0.15, 0.2) is 53.4 Å². The Morgan fingerprint density at radius 1 is 1.07 bits per heavy atom. The van der Waals surface area contributed by atoms with Crippen molar-refractivity contribution in [3.8, 4) is 0 Å². The monoisotopic (exact) mass is 390 g/mol. The van der Waals surface area contributed by atoms with E-state index in [1.807, 2.05) is 19.9 Å². The van der Waals surface area contributed by atoms with Crippen molar-refractivity contribution >= 4 is 27.6 Å². The van der Waals surface area contributed by atoms with Crippen LogP contribution in [0.3, 0.4) is 0 Å². The Balaban J connectivity index is 2.09. The molecule has 0 saturated heterocycles. The summed E-state index contributed by atoms with van der Waals surface area (Å²) in [4.78, 5) is 23.5. The summed E-state index contributed by atoms with van der Waals surface area (Å²) in [5.74, 6) is -1.18. The minimum absolute atomic E-state index is 0.0467. The van der Waals surface area contributed by atoms with Crippen LogP contribution in [0.1, 0.15) is 29.3 Å². The largest absolute Gasteiger partial charge is 0.452 e. The van der Waals surface area contributed by atoms with Gasteiger partial charge in [-0.25, -0.2) is 13.2 Å². The number of benzene rings is 2. The molecular weight excluding hydrogens is 368 g/mol. The molecule has 0 fully saturated rings. The van der Waals surface area contributed by atoms with E-state index in [-0.39, 0.29) is 10.5 Å². The van der Waals surface area contributed by atoms with Crippen LogP contribution in [0, 0.1) is 6.92 Å². The molecule has 0 saturated carbocycles. The summed E-state index contributed by atoms with van der Waals surface area (Å²) in [5, 5.41) is 2.58. The number of aryl methyl sites for hydroxylation is 1. The van der Waals surface area contributed by atoms with Crippen molar-refractivity contribution in [1.29, 1.82) is 0 Å². The Bertz CT molecular complexity index is 925. The van der Waals surface area contributed by atoms with E-state index in [0.717, 1.165) is 12.0 Å². The van der Waals surface area contributed by atoms with E-state index in [0.29, 0.717) is 12.2 Å². The molecule has 7 nitrogen and oxygen atoms in total. The zero-order valence-corrected chi connectivity index (χ0v) is 16.0. The summed E-state index contributed by atoms with van der Waals surface area (Å²) in [6, 6.07) is 12.4. The lowest BCUT2D eigenvalue weighted by Crippen LogP contribution is -2.29. The smallest absolute Gasteiger partial charge is 0.338 e. The van der Waals surface area contributed by atoms with Gasteiger partial charge in [0.1, 0.15) is 0 Å². The maximum Gasteiger partial charge on any atom is 0.338 e. The van der Waals surface area contributed by atoms with Crippen LogP contribution in [0.2, 0.25) is 0 Å². The number of carbonyl (C=O) groups is 2. The van der Waals surface area contributed by atoms with Gasteiger partial charge in [-0.05, 0) is 49.2 Å². The van der Waals surface area contributed by atoms with E-state index >= 15 is 0 Å². The second-order valence-electron chi connectivity index (χ2n) is 5.93. The first kappa shape index (κ1) is 20.4. The van der Waals surface area contributed by atoms with Crippen molar-refractivity contribution in [3.05, 3.63) is 59.7 Å². The predicted molar refractivity (Wildman–Crippen MR) is 102 cm³/mol. The number of rotatable bonds is 8. The Kier molecular flexibility index (Phi) is 6.95. The second kappa shape index (κ2) is 9.18. The van der Waals surface area contributed by atoms with Crippen LogP contribution in [0.5, 0.6) is 0 Å². The molecule has 1 amide bonds. The summed E-state index contributed by atoms with van der Waals surface area (Å²) in [7, 11) is -3.87. The van der Waals surface area contributed by atoms with Crippen LogP contribution in [0.25, 0.3) is 0 Å². The first-order valence-electron chi connectivity index (χ1n) is 8.45. The van der Waals surface area contributed by atoms with Gasteiger partial charge in [0.05, 0.1) is 10.5 Å². The van der Waals surface area contributed by atoms with Crippen LogP contribution < -0.4 is 10.0 Å². The molecule has 0 heterocycles. The van der Waals surface area contributed by atoms with Crippen LogP contribution in [0.4, 0.5) is 5.69 Å². The molecule has 0 bridgehead atoms. The Morgan fingerprint density at radius 2 is 1.81 bits per heavy atom. The minimum Gasteiger partial charge on any atom is -0.452 e. The predicted octanol–water partition coefficient (Wildman–Crippen LogP) is 2.48. The van der Waals surface area contributed by atoms with Gasteiger partial charge in [0.2, 0.25) is 0 Å². The molecule has 0 unspecified atom stereocenters. The van der Waals surface area contributed by atoms with E-state index in [9.17, 15) is 18.0 Å². The van der Waals surface area contributed by atoms with E-state index in [2.05, 4.69) is 10.0 Å². The second-order valence-corrected chi connectivity index (χ2v) is 7.61. The molecule has 0 aliphatic rings. The fourth-order valence-electron chi connectivity index (χ4n) is 2.24. The lowest BCUT2D eigenvalue weighted by atomic mass is 10.2. The van der Waals surface area contributed by atoms with Crippen LogP contribution in [-0.4, -0.2) is 33.4 Å². The van der Waals surface area contributed by atoms with E-state index in [1.165, 1.54) is 24.3 Å². The summed E-state index contributed by atoms with van der Waals surface area (Å²) in [5.41, 5.74) is 1.38. The summed E-state index contributed by atoms with van der Waals surface area (Å²) in [6.07, 6.45) is 0.771. The van der Waals surface area contributed by atoms with Gasteiger partial charge in [0.25, 0.3) is 15.9 Å². The van der Waals surface area contributed by atoms with Crippen molar-refractivity contribution in [3.63, 3.8) is 0 Å². The minimum atomic E-state index is -3.87. The number of esters is 1. The average Bonchev–Trinajstić information content (AvgIpc) is 2.64. The van der Waals surface area contributed by atoms with Gasteiger partial charge in [-0.1, -0.05) is 25.1 Å². The highest BCUT2D eigenvalue weighted by Crippen LogP contribution is 2.18. The van der Waals surface area contributed by atoms with Crippen molar-refractivity contribution < 1.29 is 22.7 Å². The van der Waals surface area contributed by atoms with Gasteiger partial charge in [-0.15, -0.1) is 0 Å². The molecule has 27 heavy (non-hydrogen) atoms. The Hall–Kier alpha value is -2.87. The number of carbonyl (C=O) groups excluding carboxylic acids is 2. The molecule has 0 radical (unpaired) electrons. The molecule has 0 aliphatic heterocycles. The van der Waals surface area contributed by atoms with Gasteiger partial charge in [0, 0.05) is 12.2 Å². The Morgan fingerprint density at radius 3 is 2.52 bits per heavy atom. The number of nitrogens with one attached hydrogen (secondary N) is 2. The molecule has 2 N–H and O–H groups in total. The zero-order chi connectivity index (χ0) is 19.9. The molecule has 2 rings (SSSR count). The number of ether oxygens (including phenoxy) is 1. The molecule has 0 spiro atoms. The Labute approximate surface area is 158 Å². The fourth-order valence-corrected chi connectivity index (χ4v) is 3.34. The van der Waals surface area contributed by atoms with Crippen molar-refractivity contribution in [2.75, 3.05) is 17.9 Å². The van der Waals surface area contributed by atoms with Crippen LogP contribution >= 0.6 is 0 Å². The highest BCUT2D eigenvalue weighted by molar-refractivity contribution is 7.92. The normalized spacial score (nSPS) is 10.9. The lowest BCUT2D eigenvalue weighted by molar-refractivity contribution is -0.124. The standard InChI is InChI=1S/C19H22N2O5S/c1-3-10-20-18(22)13-26-19(23)15-7-5-9-17(12-15)27(24,25)21-16-8-4-6-14(2)11-16/h4-9,11-12,21H,3,10,13H2,1-2H3,(H,20,22). The first-order valence-corrected chi connectivity index (χ1v) is 9.93. The maximum atomic E-state index is 12.5. The maximum absolute atomic E-state index is 12.5. The van der Waals surface area contributed by atoms with Gasteiger partial charge < -0.3 is 10.1 Å². The molecule has 8 heteroatoms. The van der Waals surface area contributed by atoms with E-state index < -0.39 is 28.5 Å². The molecule has 0 aliphatic carbocycles. The third-order valence-corrected chi connectivity index (χ3v) is 4.94. The van der Waals surface area contributed by atoms with Gasteiger partial charge in [-0.3, -0.25) is 9.52 Å². The quantitative estimate of drug-likeness (QED) is 0.674. The number of hydrogen-bond donors (Lipinski definition) is 2. The van der Waals surface area contributed by atoms with Crippen molar-refractivity contribution in [1.82, 2.24) is 5.32 Å². The zero-order valence-electron chi connectivity index (χ0n) is 15.2. The first-order chi connectivity index (χ1) is 12.8. The average molecular weight is 390 g/mol. The molecular formula is C19H22N2O5S. The lowest BCUT2D eigenvalue weighted by Gasteiger charge is -2.10. The van der Waals surface area contributed by atoms with E-state index in [4.69, 9.17) is 4.74 Å². The van der Waals surface area contributed by atoms with Gasteiger partial charge >= 0.3 is 5.97 Å². The number of anilines is 1. The third kappa shape index (κ3) is 6.10. The number of amides is 1. The van der Waals surface area contributed by atoms with Crippen LogP contribution in [-0.2, 0) is 19.6 Å². The van der Waals surface area contributed by atoms with Gasteiger partial charge in [-0.2, -0.15) is 0 Å². The number of hydrogen-bond acceptors (Lipinski definition) is 5. The van der Waals surface area contributed by atoms with E-state index in [1.54, 1.807) is 18.2 Å². The summed E-state index contributed by atoms with van der Waals surface area (Å²) < 4.78 is 32.5. The number of sulfonamides is 1. The fraction of sp³-hybridized carbons (Fsp3) is 0.263. The molecule has 0 aromatic heterocycles. The molecule has 2 aromatic carbocycles. The highest BCUT2D eigenvalue weighted by Gasteiger charge is 2.17. The third-order valence-electron chi connectivity index (χ3n) is 3.56. The topological polar surface area (TPSA) is 102 Å². The summed E-state index contributed by atoms with van der Waals surface area (Å²) in [6.45, 7) is 3.83. The summed E-state index contributed by atoms with van der Waals surface area (Å²) >= 11 is 0. The van der Waals surface area contributed by atoms with Crippen molar-refractivity contribution in [2.45, 2.75) is 25.2 Å².